The van der Waals surface area contributed by atoms with Crippen molar-refractivity contribution < 1.29 is 24.2 Å². The molecule has 3 fully saturated rings. The molecule has 0 amide bonds. The van der Waals surface area contributed by atoms with Crippen LogP contribution in [0.4, 0.5) is 0 Å². The van der Waals surface area contributed by atoms with Gasteiger partial charge in [0.1, 0.15) is 13.2 Å². The van der Waals surface area contributed by atoms with Gasteiger partial charge in [0.2, 0.25) is 0 Å². The Labute approximate surface area is 285 Å². The number of carbonyl (C=O) groups is 2. The van der Waals surface area contributed by atoms with Crippen LogP contribution in [0.2, 0.25) is 0 Å². The van der Waals surface area contributed by atoms with E-state index in [1.807, 2.05) is 0 Å². The molecule has 3 saturated carbocycles. The zero-order chi connectivity index (χ0) is 33.8. The Hall–Kier alpha value is -1.36. The molecule has 0 radical (unpaired) electrons. The van der Waals surface area contributed by atoms with Crippen LogP contribution in [0.15, 0.2) is 12.2 Å². The van der Waals surface area contributed by atoms with Crippen molar-refractivity contribution in [1.29, 1.82) is 0 Å². The zero-order valence-electron chi connectivity index (χ0n) is 30.9. The van der Waals surface area contributed by atoms with Gasteiger partial charge in [0, 0.05) is 11.0 Å². The van der Waals surface area contributed by atoms with Gasteiger partial charge in [-0.2, -0.15) is 0 Å². The molecule has 0 aromatic rings. The van der Waals surface area contributed by atoms with Crippen LogP contribution in [-0.4, -0.2) is 36.9 Å². The molecule has 0 unspecified atom stereocenters. The lowest BCUT2D eigenvalue weighted by molar-refractivity contribution is -0.163. The van der Waals surface area contributed by atoms with Crippen LogP contribution in [0.25, 0.3) is 0 Å². The summed E-state index contributed by atoms with van der Waals surface area (Å²) in [6, 6.07) is 0. The van der Waals surface area contributed by atoms with Gasteiger partial charge in [0.05, 0.1) is 12.0 Å². The highest BCUT2D eigenvalue weighted by Crippen LogP contribution is 2.35. The SMILES string of the molecule is C1CCCCCCCCC1.C1CCCCCCCCC1.C=C(C)C(=O)OCC1(COC(=O)C(C)(C)CO)CCCCCCCCC1. The van der Waals surface area contributed by atoms with Crippen molar-refractivity contribution in [2.45, 2.75) is 207 Å². The monoisotopic (exact) mass is 649 g/mol. The standard InChI is InChI=1S/C21H36O5.2C10H20/c1-17(2)18(23)25-15-21(16-26-19(24)20(3,4)14-22)12-10-8-6-5-7-9-11-13-21;2*1-2-4-6-8-10-9-7-5-3-1/h22H,1,5-16H2,2-4H3;2*1-10H2. The number of hydrogen-bond donors (Lipinski definition) is 1. The minimum atomic E-state index is -0.925. The Kier molecular flexibility index (Phi) is 25.6. The molecule has 1 N–H and O–H groups in total. The van der Waals surface area contributed by atoms with Gasteiger partial charge in [-0.1, -0.05) is 180 Å². The topological polar surface area (TPSA) is 72.8 Å². The van der Waals surface area contributed by atoms with Crippen molar-refractivity contribution in [3.63, 3.8) is 0 Å². The van der Waals surface area contributed by atoms with Gasteiger partial charge in [-0.15, -0.1) is 0 Å². The Bertz CT molecular complexity index is 676. The molecule has 0 atom stereocenters. The van der Waals surface area contributed by atoms with E-state index < -0.39 is 17.4 Å². The minimum Gasteiger partial charge on any atom is -0.464 e. The van der Waals surface area contributed by atoms with Crippen LogP contribution >= 0.6 is 0 Å². The number of ether oxygens (including phenoxy) is 2. The summed E-state index contributed by atoms with van der Waals surface area (Å²) in [5.41, 5.74) is -0.909. The van der Waals surface area contributed by atoms with Gasteiger partial charge in [0.15, 0.2) is 0 Å². The number of esters is 2. The second kappa shape index (κ2) is 27.6. The van der Waals surface area contributed by atoms with E-state index in [9.17, 15) is 14.7 Å². The first-order chi connectivity index (χ1) is 22.2. The molecular weight excluding hydrogens is 572 g/mol. The fraction of sp³-hybridized carbons (Fsp3) is 0.902. The molecule has 0 bridgehead atoms. The van der Waals surface area contributed by atoms with Gasteiger partial charge < -0.3 is 14.6 Å². The van der Waals surface area contributed by atoms with E-state index in [0.717, 1.165) is 38.5 Å². The van der Waals surface area contributed by atoms with Crippen molar-refractivity contribution in [2.24, 2.45) is 10.8 Å². The second-order valence-corrected chi connectivity index (χ2v) is 15.5. The number of rotatable bonds is 7. The molecule has 5 nitrogen and oxygen atoms in total. The predicted octanol–water partition coefficient (Wildman–Crippen LogP) is 12.0. The van der Waals surface area contributed by atoms with Crippen LogP contribution in [0.1, 0.15) is 207 Å². The van der Waals surface area contributed by atoms with Crippen LogP contribution in [-0.2, 0) is 19.1 Å². The zero-order valence-corrected chi connectivity index (χ0v) is 30.9. The number of aliphatic hydroxyl groups excluding tert-OH is 1. The Balaban J connectivity index is 0.000000427. The molecule has 5 heteroatoms. The molecule has 0 saturated heterocycles. The van der Waals surface area contributed by atoms with Crippen molar-refractivity contribution in [2.75, 3.05) is 19.8 Å². The van der Waals surface area contributed by atoms with Crippen molar-refractivity contribution in [3.8, 4) is 0 Å². The summed E-state index contributed by atoms with van der Waals surface area (Å²) in [6.07, 6.45) is 39.8. The third-order valence-electron chi connectivity index (χ3n) is 10.2. The average molecular weight is 649 g/mol. The highest BCUT2D eigenvalue weighted by Gasteiger charge is 2.36. The molecule has 270 valence electrons. The second-order valence-electron chi connectivity index (χ2n) is 15.5. The third-order valence-corrected chi connectivity index (χ3v) is 10.2. The van der Waals surface area contributed by atoms with E-state index in [4.69, 9.17) is 9.47 Å². The maximum absolute atomic E-state index is 12.3. The van der Waals surface area contributed by atoms with Crippen molar-refractivity contribution >= 4 is 11.9 Å². The van der Waals surface area contributed by atoms with Crippen LogP contribution in [0.3, 0.4) is 0 Å². The third kappa shape index (κ3) is 22.3. The Morgan fingerprint density at radius 1 is 0.543 bits per heavy atom. The molecule has 0 spiro atoms. The Morgan fingerprint density at radius 2 is 0.804 bits per heavy atom. The summed E-state index contributed by atoms with van der Waals surface area (Å²) < 4.78 is 11.1. The summed E-state index contributed by atoms with van der Waals surface area (Å²) >= 11 is 0. The normalized spacial score (nSPS) is 21.0. The highest BCUT2D eigenvalue weighted by atomic mass is 16.5. The maximum Gasteiger partial charge on any atom is 0.333 e. The maximum atomic E-state index is 12.3. The molecule has 3 aliphatic rings. The Morgan fingerprint density at radius 3 is 1.07 bits per heavy atom. The van der Waals surface area contributed by atoms with E-state index in [-0.39, 0.29) is 25.2 Å². The van der Waals surface area contributed by atoms with Gasteiger partial charge in [-0.05, 0) is 33.6 Å². The quantitative estimate of drug-likeness (QED) is 0.220. The van der Waals surface area contributed by atoms with E-state index in [1.54, 1.807) is 20.8 Å². The first-order valence-electron chi connectivity index (χ1n) is 19.8. The fourth-order valence-electron chi connectivity index (χ4n) is 6.70. The largest absolute Gasteiger partial charge is 0.464 e. The van der Waals surface area contributed by atoms with E-state index in [1.165, 1.54) is 148 Å². The van der Waals surface area contributed by atoms with Crippen molar-refractivity contribution in [3.05, 3.63) is 12.2 Å². The first kappa shape index (κ1) is 42.7. The molecule has 3 rings (SSSR count). The first-order valence-corrected chi connectivity index (χ1v) is 19.8. The van der Waals surface area contributed by atoms with E-state index >= 15 is 0 Å². The molecule has 46 heavy (non-hydrogen) atoms. The number of aliphatic hydroxyl groups is 1. The fourth-order valence-corrected chi connectivity index (χ4v) is 6.70. The highest BCUT2D eigenvalue weighted by molar-refractivity contribution is 5.86. The lowest BCUT2D eigenvalue weighted by Crippen LogP contribution is -2.38. The molecule has 0 aliphatic heterocycles. The van der Waals surface area contributed by atoms with E-state index in [2.05, 4.69) is 6.58 Å². The molecule has 0 aromatic carbocycles. The molecular formula is C41H76O5. The lowest BCUT2D eigenvalue weighted by Gasteiger charge is -2.34. The van der Waals surface area contributed by atoms with Gasteiger partial charge in [-0.3, -0.25) is 4.79 Å². The van der Waals surface area contributed by atoms with Gasteiger partial charge >= 0.3 is 11.9 Å². The minimum absolute atomic E-state index is 0.221. The van der Waals surface area contributed by atoms with Crippen LogP contribution in [0, 0.1) is 10.8 Å². The van der Waals surface area contributed by atoms with Crippen LogP contribution < -0.4 is 0 Å². The predicted molar refractivity (Wildman–Crippen MR) is 194 cm³/mol. The number of carbonyl (C=O) groups excluding carboxylic acids is 2. The summed E-state index contributed by atoms with van der Waals surface area (Å²) in [5.74, 6) is -0.814. The summed E-state index contributed by atoms with van der Waals surface area (Å²) in [7, 11) is 0. The van der Waals surface area contributed by atoms with Gasteiger partial charge in [-0.25, -0.2) is 4.79 Å². The molecule has 0 heterocycles. The van der Waals surface area contributed by atoms with Crippen molar-refractivity contribution in [1.82, 2.24) is 0 Å². The molecule has 0 aromatic heterocycles. The smallest absolute Gasteiger partial charge is 0.333 e. The number of hydrogen-bond acceptors (Lipinski definition) is 5. The summed E-state index contributed by atoms with van der Waals surface area (Å²) in [5, 5.41) is 9.37. The average Bonchev–Trinajstić information content (AvgIpc) is 3.07. The van der Waals surface area contributed by atoms with E-state index in [0.29, 0.717) is 5.57 Å². The van der Waals surface area contributed by atoms with Gasteiger partial charge in [0.25, 0.3) is 0 Å². The summed E-state index contributed by atoms with van der Waals surface area (Å²) in [4.78, 5) is 24.2. The van der Waals surface area contributed by atoms with Crippen LogP contribution in [0.5, 0.6) is 0 Å². The lowest BCUT2D eigenvalue weighted by atomic mass is 9.78. The molecule has 3 aliphatic carbocycles. The summed E-state index contributed by atoms with van der Waals surface area (Å²) in [6.45, 7) is 8.79.